The molecule has 0 amide bonds. The molecule has 136 valence electrons. The maximum absolute atomic E-state index is 13.9. The fourth-order valence-electron chi connectivity index (χ4n) is 2.13. The van der Waals surface area contributed by atoms with Crippen molar-refractivity contribution in [2.45, 2.75) is 45.0 Å². The molecule has 2 rings (SSSR count). The summed E-state index contributed by atoms with van der Waals surface area (Å²) in [5.41, 5.74) is 8.38. The second-order valence-electron chi connectivity index (χ2n) is 7.05. The predicted molar refractivity (Wildman–Crippen MR) is 95.0 cm³/mol. The van der Waals surface area contributed by atoms with Crippen LogP contribution in [0.4, 0.5) is 4.39 Å². The van der Waals surface area contributed by atoms with Gasteiger partial charge in [-0.25, -0.2) is 4.39 Å². The Morgan fingerprint density at radius 3 is 2.76 bits per heavy atom. The Hall–Kier alpha value is -1.96. The molecule has 0 radical (unpaired) electrons. The van der Waals surface area contributed by atoms with Crippen molar-refractivity contribution in [3.8, 4) is 11.5 Å². The number of fused-ring (bicyclic) bond motifs is 1. The number of hydrogen-bond acceptors (Lipinski definition) is 5. The Morgan fingerprint density at radius 1 is 1.48 bits per heavy atom. The normalized spacial score (nSPS) is 21.5. The standard InChI is InChI=1S/C16H21FN4O3S/c1-10(20-25(22)15(2,3)4)12-6-11(17)7-13-14(12)24-16(5,9-23-13)8-19-21-18/h6-7H,8-9H2,1-5H3/t16-,25?/m1/s1. The SMILES string of the molecule is CC(=N[S+]([O-])C(C)(C)C)c1cc(F)cc2c1O[C@](C)(CN=[N+]=[N-])CO2. The lowest BCUT2D eigenvalue weighted by Crippen LogP contribution is -2.45. The first-order chi connectivity index (χ1) is 11.6. The average Bonchev–Trinajstić information content (AvgIpc) is 2.52. The molecule has 1 aliphatic rings. The van der Waals surface area contributed by atoms with E-state index in [1.54, 1.807) is 34.6 Å². The van der Waals surface area contributed by atoms with Gasteiger partial charge in [-0.05, 0) is 46.2 Å². The summed E-state index contributed by atoms with van der Waals surface area (Å²) in [6, 6.07) is 2.49. The van der Waals surface area contributed by atoms with Gasteiger partial charge in [-0.1, -0.05) is 9.51 Å². The molecule has 9 heteroatoms. The molecule has 0 fully saturated rings. The van der Waals surface area contributed by atoms with Crippen LogP contribution in [0.15, 0.2) is 21.6 Å². The van der Waals surface area contributed by atoms with E-state index in [4.69, 9.17) is 15.0 Å². The van der Waals surface area contributed by atoms with Gasteiger partial charge in [0.15, 0.2) is 11.5 Å². The van der Waals surface area contributed by atoms with Crippen LogP contribution >= 0.6 is 0 Å². The highest BCUT2D eigenvalue weighted by atomic mass is 32.2. The van der Waals surface area contributed by atoms with Crippen molar-refractivity contribution in [2.24, 2.45) is 9.51 Å². The van der Waals surface area contributed by atoms with Crippen molar-refractivity contribution < 1.29 is 18.4 Å². The molecular weight excluding hydrogens is 347 g/mol. The van der Waals surface area contributed by atoms with E-state index in [1.165, 1.54) is 12.1 Å². The summed E-state index contributed by atoms with van der Waals surface area (Å²) in [5.74, 6) is 0.0343. The average molecular weight is 368 g/mol. The van der Waals surface area contributed by atoms with Crippen molar-refractivity contribution >= 4 is 17.1 Å². The lowest BCUT2D eigenvalue weighted by molar-refractivity contribution is 0.0130. The summed E-state index contributed by atoms with van der Waals surface area (Å²) in [6.07, 6.45) is 0. The van der Waals surface area contributed by atoms with Gasteiger partial charge in [0.05, 0.1) is 12.3 Å². The van der Waals surface area contributed by atoms with Gasteiger partial charge < -0.3 is 14.0 Å². The van der Waals surface area contributed by atoms with Gasteiger partial charge in [0, 0.05) is 16.5 Å². The van der Waals surface area contributed by atoms with Crippen LogP contribution in [-0.4, -0.2) is 33.8 Å². The third-order valence-electron chi connectivity index (χ3n) is 3.50. The highest BCUT2D eigenvalue weighted by Crippen LogP contribution is 2.40. The molecule has 1 aromatic rings. The highest BCUT2D eigenvalue weighted by Gasteiger charge is 2.35. The molecule has 0 aliphatic carbocycles. The van der Waals surface area contributed by atoms with E-state index in [2.05, 4.69) is 14.4 Å². The van der Waals surface area contributed by atoms with Gasteiger partial charge >= 0.3 is 0 Å². The molecule has 7 nitrogen and oxygen atoms in total. The maximum Gasteiger partial charge on any atom is 0.171 e. The van der Waals surface area contributed by atoms with Crippen LogP contribution in [0.1, 0.15) is 40.2 Å². The number of benzene rings is 1. The van der Waals surface area contributed by atoms with Crippen LogP contribution in [-0.2, 0) is 11.4 Å². The molecule has 1 aliphatic heterocycles. The largest absolute Gasteiger partial charge is 0.591 e. The summed E-state index contributed by atoms with van der Waals surface area (Å²) < 4.78 is 41.4. The van der Waals surface area contributed by atoms with E-state index in [-0.39, 0.29) is 18.9 Å². The first-order valence-electron chi connectivity index (χ1n) is 7.70. The van der Waals surface area contributed by atoms with Gasteiger partial charge in [0.25, 0.3) is 0 Å². The molecule has 0 aromatic heterocycles. The lowest BCUT2D eigenvalue weighted by atomic mass is 10.0. The van der Waals surface area contributed by atoms with Crippen LogP contribution in [0.5, 0.6) is 11.5 Å². The molecule has 0 spiro atoms. The van der Waals surface area contributed by atoms with E-state index in [0.717, 1.165) is 0 Å². The summed E-state index contributed by atoms with van der Waals surface area (Å²) in [4.78, 5) is 2.73. The maximum atomic E-state index is 13.9. The van der Waals surface area contributed by atoms with Crippen LogP contribution in [0.25, 0.3) is 10.4 Å². The monoisotopic (exact) mass is 368 g/mol. The highest BCUT2D eigenvalue weighted by molar-refractivity contribution is 7.91. The molecule has 0 bridgehead atoms. The predicted octanol–water partition coefficient (Wildman–Crippen LogP) is 3.94. The molecule has 1 aromatic carbocycles. The molecule has 0 saturated carbocycles. The van der Waals surface area contributed by atoms with Gasteiger partial charge in [-0.3, -0.25) is 0 Å². The number of rotatable bonds is 4. The van der Waals surface area contributed by atoms with E-state index < -0.39 is 27.5 Å². The summed E-state index contributed by atoms with van der Waals surface area (Å²) in [7, 11) is 0. The van der Waals surface area contributed by atoms with Crippen molar-refractivity contribution in [1.29, 1.82) is 0 Å². The van der Waals surface area contributed by atoms with Crippen molar-refractivity contribution in [3.63, 3.8) is 0 Å². The third kappa shape index (κ3) is 4.56. The van der Waals surface area contributed by atoms with Crippen molar-refractivity contribution in [1.82, 2.24) is 0 Å². The van der Waals surface area contributed by atoms with E-state index in [1.807, 2.05) is 0 Å². The number of halogens is 1. The lowest BCUT2D eigenvalue weighted by Gasteiger charge is -2.35. The fourth-order valence-corrected chi connectivity index (χ4v) is 2.75. The Kier molecular flexibility index (Phi) is 5.51. The molecule has 2 atom stereocenters. The second kappa shape index (κ2) is 7.11. The number of azide groups is 1. The molecular formula is C16H21FN4O3S. The zero-order chi connectivity index (χ0) is 18.8. The minimum atomic E-state index is -1.50. The minimum absolute atomic E-state index is 0.0594. The van der Waals surface area contributed by atoms with E-state index >= 15 is 0 Å². The Balaban J connectivity index is 2.46. The van der Waals surface area contributed by atoms with E-state index in [9.17, 15) is 8.94 Å². The molecule has 0 N–H and O–H groups in total. The first-order valence-corrected chi connectivity index (χ1v) is 8.80. The van der Waals surface area contributed by atoms with Crippen LogP contribution in [0.2, 0.25) is 0 Å². The summed E-state index contributed by atoms with van der Waals surface area (Å²) in [6.45, 7) is 8.96. The summed E-state index contributed by atoms with van der Waals surface area (Å²) >= 11 is -1.50. The quantitative estimate of drug-likeness (QED) is 0.264. The Morgan fingerprint density at radius 2 is 2.16 bits per heavy atom. The van der Waals surface area contributed by atoms with Crippen LogP contribution < -0.4 is 9.47 Å². The van der Waals surface area contributed by atoms with E-state index in [0.29, 0.717) is 17.0 Å². The minimum Gasteiger partial charge on any atom is -0.591 e. The third-order valence-corrected chi connectivity index (χ3v) is 4.99. The Bertz CT molecular complexity index is 744. The van der Waals surface area contributed by atoms with Crippen molar-refractivity contribution in [3.05, 3.63) is 34.0 Å². The number of hydrogen-bond donors (Lipinski definition) is 0. The molecule has 0 saturated heterocycles. The van der Waals surface area contributed by atoms with Crippen molar-refractivity contribution in [2.75, 3.05) is 13.2 Å². The van der Waals surface area contributed by atoms with Crippen LogP contribution in [0, 0.1) is 5.82 Å². The zero-order valence-electron chi connectivity index (χ0n) is 14.9. The zero-order valence-corrected chi connectivity index (χ0v) is 15.7. The summed E-state index contributed by atoms with van der Waals surface area (Å²) in [5, 5.41) is 3.54. The molecule has 1 unspecified atom stereocenters. The van der Waals surface area contributed by atoms with Gasteiger partial charge in [-0.2, -0.15) is 0 Å². The Labute approximate surface area is 149 Å². The van der Waals surface area contributed by atoms with Gasteiger partial charge in [0.1, 0.15) is 34.1 Å². The van der Waals surface area contributed by atoms with Crippen LogP contribution in [0.3, 0.4) is 0 Å². The fraction of sp³-hybridized carbons (Fsp3) is 0.562. The van der Waals surface area contributed by atoms with Gasteiger partial charge in [-0.15, -0.1) is 0 Å². The smallest absolute Gasteiger partial charge is 0.171 e. The second-order valence-corrected chi connectivity index (χ2v) is 8.95. The molecule has 25 heavy (non-hydrogen) atoms. The van der Waals surface area contributed by atoms with Gasteiger partial charge in [0.2, 0.25) is 0 Å². The number of nitrogens with zero attached hydrogens (tertiary/aromatic N) is 4. The first kappa shape index (κ1) is 19.4. The number of ether oxygens (including phenoxy) is 2. The molecule has 1 heterocycles. The topological polar surface area (TPSA) is 103 Å².